The van der Waals surface area contributed by atoms with Crippen molar-refractivity contribution in [3.05, 3.63) is 29.3 Å². The largest absolute Gasteiger partial charge is 0.316 e. The van der Waals surface area contributed by atoms with Crippen LogP contribution in [0.1, 0.15) is 31.7 Å². The van der Waals surface area contributed by atoms with E-state index in [-0.39, 0.29) is 12.6 Å². The van der Waals surface area contributed by atoms with E-state index in [1.807, 2.05) is 6.92 Å². The van der Waals surface area contributed by atoms with Crippen molar-refractivity contribution < 1.29 is 17.2 Å². The van der Waals surface area contributed by atoms with Crippen LogP contribution in [0.15, 0.2) is 17.0 Å². The molecule has 118 valence electrons. The minimum atomic E-state index is -4.00. The standard InChI is InChI=1S/C14H20F2N2O2S/c1-3-11-5-4-6-18(11)21(19,20)13-8-10(9-17-2)7-12(15)14(13)16/h7-8,11,17H,3-6,9H2,1-2H3. The average molecular weight is 318 g/mol. The first-order chi connectivity index (χ1) is 9.91. The molecule has 1 aliphatic rings. The summed E-state index contributed by atoms with van der Waals surface area (Å²) in [6.07, 6.45) is 2.17. The maximum Gasteiger partial charge on any atom is 0.246 e. The van der Waals surface area contributed by atoms with Crippen LogP contribution in [-0.2, 0) is 16.6 Å². The third-order valence-corrected chi connectivity index (χ3v) is 5.77. The molecule has 0 bridgehead atoms. The van der Waals surface area contributed by atoms with Crippen LogP contribution in [-0.4, -0.2) is 32.4 Å². The Morgan fingerprint density at radius 1 is 1.38 bits per heavy atom. The molecule has 1 fully saturated rings. The lowest BCUT2D eigenvalue weighted by atomic mass is 10.2. The molecule has 0 spiro atoms. The lowest BCUT2D eigenvalue weighted by Crippen LogP contribution is -2.35. The van der Waals surface area contributed by atoms with E-state index in [9.17, 15) is 17.2 Å². The van der Waals surface area contributed by atoms with Gasteiger partial charge in [0.1, 0.15) is 4.90 Å². The summed E-state index contributed by atoms with van der Waals surface area (Å²) in [6, 6.07) is 2.10. The topological polar surface area (TPSA) is 49.4 Å². The molecule has 1 aliphatic heterocycles. The van der Waals surface area contributed by atoms with E-state index in [0.717, 1.165) is 18.9 Å². The average Bonchev–Trinajstić information content (AvgIpc) is 2.92. The highest BCUT2D eigenvalue weighted by Crippen LogP contribution is 2.30. The lowest BCUT2D eigenvalue weighted by Gasteiger charge is -2.23. The Kier molecular flexibility index (Phi) is 4.95. The molecule has 0 radical (unpaired) electrons. The monoisotopic (exact) mass is 318 g/mol. The molecule has 0 amide bonds. The van der Waals surface area contributed by atoms with Gasteiger partial charge >= 0.3 is 0 Å². The zero-order valence-electron chi connectivity index (χ0n) is 12.2. The highest BCUT2D eigenvalue weighted by molar-refractivity contribution is 7.89. The second-order valence-corrected chi connectivity index (χ2v) is 7.10. The number of halogens is 2. The van der Waals surface area contributed by atoms with Gasteiger partial charge in [0.25, 0.3) is 0 Å². The molecule has 1 heterocycles. The van der Waals surface area contributed by atoms with Gasteiger partial charge in [-0.05, 0) is 44.0 Å². The first kappa shape index (κ1) is 16.3. The van der Waals surface area contributed by atoms with Crippen LogP contribution < -0.4 is 5.32 Å². The van der Waals surface area contributed by atoms with E-state index in [0.29, 0.717) is 18.5 Å². The van der Waals surface area contributed by atoms with Gasteiger partial charge in [-0.2, -0.15) is 4.31 Å². The van der Waals surface area contributed by atoms with Gasteiger partial charge in [0.2, 0.25) is 10.0 Å². The van der Waals surface area contributed by atoms with Crippen molar-refractivity contribution in [2.75, 3.05) is 13.6 Å². The maximum atomic E-state index is 14.0. The quantitative estimate of drug-likeness (QED) is 0.906. The minimum Gasteiger partial charge on any atom is -0.316 e. The fourth-order valence-corrected chi connectivity index (χ4v) is 4.66. The van der Waals surface area contributed by atoms with E-state index >= 15 is 0 Å². The smallest absolute Gasteiger partial charge is 0.246 e. The van der Waals surface area contributed by atoms with Crippen LogP contribution in [0.25, 0.3) is 0 Å². The predicted octanol–water partition coefficient (Wildman–Crippen LogP) is 2.25. The van der Waals surface area contributed by atoms with E-state index in [1.165, 1.54) is 10.4 Å². The molecule has 1 aromatic rings. The highest BCUT2D eigenvalue weighted by Gasteiger charge is 2.36. The number of benzene rings is 1. The third kappa shape index (κ3) is 3.09. The Morgan fingerprint density at radius 3 is 2.71 bits per heavy atom. The number of hydrogen-bond donors (Lipinski definition) is 1. The summed E-state index contributed by atoms with van der Waals surface area (Å²) in [5.74, 6) is -2.43. The van der Waals surface area contributed by atoms with E-state index < -0.39 is 26.6 Å². The van der Waals surface area contributed by atoms with Crippen molar-refractivity contribution in [3.8, 4) is 0 Å². The molecule has 21 heavy (non-hydrogen) atoms. The normalized spacial score (nSPS) is 20.1. The Bertz CT molecular complexity index is 620. The number of nitrogens with zero attached hydrogens (tertiary/aromatic N) is 1. The zero-order valence-corrected chi connectivity index (χ0v) is 13.0. The fourth-order valence-electron chi connectivity index (χ4n) is 2.77. The summed E-state index contributed by atoms with van der Waals surface area (Å²) in [6.45, 7) is 2.53. The van der Waals surface area contributed by atoms with Crippen LogP contribution in [0.4, 0.5) is 8.78 Å². The SMILES string of the molecule is CCC1CCCN1S(=O)(=O)c1cc(CNC)cc(F)c1F. The molecular weight excluding hydrogens is 298 g/mol. The number of sulfonamides is 1. The van der Waals surface area contributed by atoms with Gasteiger partial charge < -0.3 is 5.32 Å². The van der Waals surface area contributed by atoms with Gasteiger partial charge in [0, 0.05) is 19.1 Å². The summed E-state index contributed by atoms with van der Waals surface area (Å²) < 4.78 is 54.2. The van der Waals surface area contributed by atoms with Crippen molar-refractivity contribution >= 4 is 10.0 Å². The molecule has 1 saturated heterocycles. The Morgan fingerprint density at radius 2 is 2.10 bits per heavy atom. The molecule has 1 N–H and O–H groups in total. The zero-order chi connectivity index (χ0) is 15.6. The molecular formula is C14H20F2N2O2S. The van der Waals surface area contributed by atoms with Crippen molar-refractivity contribution in [2.45, 2.75) is 43.7 Å². The van der Waals surface area contributed by atoms with E-state index in [1.54, 1.807) is 7.05 Å². The molecule has 0 aromatic heterocycles. The number of rotatable bonds is 5. The molecule has 7 heteroatoms. The Labute approximate surface area is 124 Å². The lowest BCUT2D eigenvalue weighted by molar-refractivity contribution is 0.375. The number of hydrogen-bond acceptors (Lipinski definition) is 3. The maximum absolute atomic E-state index is 14.0. The van der Waals surface area contributed by atoms with Gasteiger partial charge in [-0.1, -0.05) is 6.92 Å². The molecule has 0 saturated carbocycles. The second-order valence-electron chi connectivity index (χ2n) is 5.24. The second kappa shape index (κ2) is 6.37. The number of nitrogens with one attached hydrogen (secondary N) is 1. The van der Waals surface area contributed by atoms with Crippen LogP contribution in [0.3, 0.4) is 0 Å². The predicted molar refractivity (Wildman–Crippen MR) is 76.3 cm³/mol. The first-order valence-electron chi connectivity index (χ1n) is 7.06. The first-order valence-corrected chi connectivity index (χ1v) is 8.50. The summed E-state index contributed by atoms with van der Waals surface area (Å²) in [4.78, 5) is -0.562. The van der Waals surface area contributed by atoms with Gasteiger partial charge in [-0.15, -0.1) is 0 Å². The van der Waals surface area contributed by atoms with Gasteiger partial charge in [-0.25, -0.2) is 17.2 Å². The Hall–Kier alpha value is -1.05. The van der Waals surface area contributed by atoms with Crippen LogP contribution in [0.5, 0.6) is 0 Å². The van der Waals surface area contributed by atoms with Gasteiger partial charge in [-0.3, -0.25) is 0 Å². The van der Waals surface area contributed by atoms with Gasteiger partial charge in [0.15, 0.2) is 11.6 Å². The summed E-state index contributed by atoms with van der Waals surface area (Å²) >= 11 is 0. The van der Waals surface area contributed by atoms with E-state index in [4.69, 9.17) is 0 Å². The van der Waals surface area contributed by atoms with Crippen molar-refractivity contribution in [2.24, 2.45) is 0 Å². The minimum absolute atomic E-state index is 0.134. The van der Waals surface area contributed by atoms with Crippen LogP contribution >= 0.6 is 0 Å². The van der Waals surface area contributed by atoms with Crippen LogP contribution in [0.2, 0.25) is 0 Å². The molecule has 1 aromatic carbocycles. The summed E-state index contributed by atoms with van der Waals surface area (Å²) in [7, 11) is -2.35. The van der Waals surface area contributed by atoms with Crippen molar-refractivity contribution in [1.82, 2.24) is 9.62 Å². The molecule has 0 aliphatic carbocycles. The van der Waals surface area contributed by atoms with E-state index in [2.05, 4.69) is 5.32 Å². The molecule has 4 nitrogen and oxygen atoms in total. The highest BCUT2D eigenvalue weighted by atomic mass is 32.2. The van der Waals surface area contributed by atoms with Crippen molar-refractivity contribution in [3.63, 3.8) is 0 Å². The van der Waals surface area contributed by atoms with Crippen LogP contribution in [0, 0.1) is 11.6 Å². The summed E-state index contributed by atoms with van der Waals surface area (Å²) in [5.41, 5.74) is 0.405. The fraction of sp³-hybridized carbons (Fsp3) is 0.571. The van der Waals surface area contributed by atoms with Gasteiger partial charge in [0.05, 0.1) is 0 Å². The Balaban J connectivity index is 2.48. The molecule has 1 atom stereocenters. The van der Waals surface area contributed by atoms with Crippen molar-refractivity contribution in [1.29, 1.82) is 0 Å². The molecule has 1 unspecified atom stereocenters. The summed E-state index contributed by atoms with van der Waals surface area (Å²) in [5, 5.41) is 2.80. The third-order valence-electron chi connectivity index (χ3n) is 3.82. The molecule has 2 rings (SSSR count).